The molecule has 0 aliphatic rings. The highest BCUT2D eigenvalue weighted by Crippen LogP contribution is 2.22. The standard InChI is InChI=1S/C18H24N2OS/c1-5-20(11-16-7-6-8-22-16)12-17(21)19-18-14(3)9-13(2)10-15(18)4/h6-10H,5,11-12H2,1-4H3,(H,19,21). The SMILES string of the molecule is CCN(CC(=O)Nc1c(C)cc(C)cc1C)Cc1cccs1. The Bertz CT molecular complexity index is 612. The Morgan fingerprint density at radius 1 is 1.23 bits per heavy atom. The van der Waals surface area contributed by atoms with E-state index in [1.807, 2.05) is 19.9 Å². The molecule has 0 saturated heterocycles. The van der Waals surface area contributed by atoms with E-state index in [1.54, 1.807) is 11.3 Å². The number of carbonyl (C=O) groups is 1. The Labute approximate surface area is 137 Å². The van der Waals surface area contributed by atoms with Crippen molar-refractivity contribution in [1.82, 2.24) is 4.90 Å². The lowest BCUT2D eigenvalue weighted by molar-refractivity contribution is -0.117. The maximum absolute atomic E-state index is 12.4. The number of anilines is 1. The van der Waals surface area contributed by atoms with E-state index in [0.717, 1.165) is 29.9 Å². The normalized spacial score (nSPS) is 11.0. The van der Waals surface area contributed by atoms with Crippen molar-refractivity contribution in [2.24, 2.45) is 0 Å². The van der Waals surface area contributed by atoms with Crippen LogP contribution in [0, 0.1) is 20.8 Å². The van der Waals surface area contributed by atoms with E-state index in [0.29, 0.717) is 6.54 Å². The van der Waals surface area contributed by atoms with Gasteiger partial charge in [-0.3, -0.25) is 9.69 Å². The van der Waals surface area contributed by atoms with Crippen LogP contribution in [0.1, 0.15) is 28.5 Å². The van der Waals surface area contributed by atoms with Gasteiger partial charge in [0.05, 0.1) is 6.54 Å². The molecule has 0 saturated carbocycles. The lowest BCUT2D eigenvalue weighted by Gasteiger charge is -2.20. The van der Waals surface area contributed by atoms with Crippen molar-refractivity contribution in [2.75, 3.05) is 18.4 Å². The van der Waals surface area contributed by atoms with Crippen LogP contribution >= 0.6 is 11.3 Å². The second kappa shape index (κ2) is 7.56. The van der Waals surface area contributed by atoms with Crippen LogP contribution in [0.3, 0.4) is 0 Å². The topological polar surface area (TPSA) is 32.3 Å². The highest BCUT2D eigenvalue weighted by molar-refractivity contribution is 7.09. The summed E-state index contributed by atoms with van der Waals surface area (Å²) in [5, 5.41) is 5.14. The van der Waals surface area contributed by atoms with Crippen molar-refractivity contribution in [2.45, 2.75) is 34.2 Å². The van der Waals surface area contributed by atoms with E-state index in [1.165, 1.54) is 10.4 Å². The fourth-order valence-corrected chi connectivity index (χ4v) is 3.41. The van der Waals surface area contributed by atoms with Gasteiger partial charge in [0, 0.05) is 17.1 Å². The number of hydrogen-bond donors (Lipinski definition) is 1. The molecule has 1 amide bonds. The van der Waals surface area contributed by atoms with Crippen LogP contribution in [0.4, 0.5) is 5.69 Å². The summed E-state index contributed by atoms with van der Waals surface area (Å²) in [6.45, 7) is 10.3. The maximum atomic E-state index is 12.4. The molecule has 0 aliphatic carbocycles. The lowest BCUT2D eigenvalue weighted by atomic mass is 10.1. The Morgan fingerprint density at radius 2 is 1.91 bits per heavy atom. The molecule has 2 aromatic rings. The van der Waals surface area contributed by atoms with Gasteiger partial charge in [-0.05, 0) is 49.9 Å². The first-order chi connectivity index (χ1) is 10.5. The van der Waals surface area contributed by atoms with E-state index in [-0.39, 0.29) is 5.91 Å². The summed E-state index contributed by atoms with van der Waals surface area (Å²) in [5.74, 6) is 0.0495. The summed E-state index contributed by atoms with van der Waals surface area (Å²) < 4.78 is 0. The van der Waals surface area contributed by atoms with Crippen LogP contribution < -0.4 is 5.32 Å². The molecule has 0 bridgehead atoms. The van der Waals surface area contributed by atoms with Crippen LogP contribution in [0.15, 0.2) is 29.6 Å². The molecule has 1 aromatic heterocycles. The summed E-state index contributed by atoms with van der Waals surface area (Å²) in [5.41, 5.74) is 4.41. The Morgan fingerprint density at radius 3 is 2.45 bits per heavy atom. The number of hydrogen-bond acceptors (Lipinski definition) is 3. The predicted molar refractivity (Wildman–Crippen MR) is 94.6 cm³/mol. The van der Waals surface area contributed by atoms with Crippen LogP contribution in [-0.4, -0.2) is 23.9 Å². The van der Waals surface area contributed by atoms with Gasteiger partial charge in [0.25, 0.3) is 0 Å². The molecular weight excluding hydrogens is 292 g/mol. The van der Waals surface area contributed by atoms with Crippen molar-refractivity contribution in [3.05, 3.63) is 51.2 Å². The number of rotatable bonds is 6. The van der Waals surface area contributed by atoms with Crippen molar-refractivity contribution in [3.63, 3.8) is 0 Å². The first kappa shape index (κ1) is 16.7. The van der Waals surface area contributed by atoms with Gasteiger partial charge >= 0.3 is 0 Å². The van der Waals surface area contributed by atoms with Gasteiger partial charge in [-0.25, -0.2) is 0 Å². The fourth-order valence-electron chi connectivity index (χ4n) is 2.66. The smallest absolute Gasteiger partial charge is 0.238 e. The van der Waals surface area contributed by atoms with E-state index < -0.39 is 0 Å². The molecule has 118 valence electrons. The number of amides is 1. The van der Waals surface area contributed by atoms with E-state index in [4.69, 9.17) is 0 Å². The predicted octanol–water partition coefficient (Wildman–Crippen LogP) is 4.13. The van der Waals surface area contributed by atoms with E-state index >= 15 is 0 Å². The number of thiophene rings is 1. The molecule has 3 nitrogen and oxygen atoms in total. The van der Waals surface area contributed by atoms with Gasteiger partial charge in [-0.15, -0.1) is 11.3 Å². The zero-order valence-corrected chi connectivity index (χ0v) is 14.6. The number of nitrogens with one attached hydrogen (secondary N) is 1. The van der Waals surface area contributed by atoms with Crippen LogP contribution in [0.25, 0.3) is 0 Å². The van der Waals surface area contributed by atoms with Crippen molar-refractivity contribution >= 4 is 22.9 Å². The fraction of sp³-hybridized carbons (Fsp3) is 0.389. The zero-order chi connectivity index (χ0) is 16.1. The maximum Gasteiger partial charge on any atom is 0.238 e. The average molecular weight is 316 g/mol. The average Bonchev–Trinajstić information content (AvgIpc) is 2.95. The van der Waals surface area contributed by atoms with E-state index in [2.05, 4.69) is 47.6 Å². The minimum atomic E-state index is 0.0495. The molecule has 4 heteroatoms. The molecule has 1 heterocycles. The molecule has 0 atom stereocenters. The number of nitrogens with zero attached hydrogens (tertiary/aromatic N) is 1. The van der Waals surface area contributed by atoms with Crippen molar-refractivity contribution < 1.29 is 4.79 Å². The molecular formula is C18H24N2OS. The summed E-state index contributed by atoms with van der Waals surface area (Å²) in [7, 11) is 0. The summed E-state index contributed by atoms with van der Waals surface area (Å²) >= 11 is 1.73. The molecule has 0 radical (unpaired) electrons. The van der Waals surface area contributed by atoms with Gasteiger partial charge < -0.3 is 5.32 Å². The third-order valence-corrected chi connectivity index (χ3v) is 4.58. The molecule has 0 unspecified atom stereocenters. The second-order valence-electron chi connectivity index (χ2n) is 5.70. The van der Waals surface area contributed by atoms with Gasteiger partial charge in [0.1, 0.15) is 0 Å². The molecule has 0 spiro atoms. The monoisotopic (exact) mass is 316 g/mol. The largest absolute Gasteiger partial charge is 0.324 e. The minimum absolute atomic E-state index is 0.0495. The first-order valence-electron chi connectivity index (χ1n) is 7.62. The highest BCUT2D eigenvalue weighted by atomic mass is 32.1. The molecule has 0 fully saturated rings. The van der Waals surface area contributed by atoms with Crippen LogP contribution in [0.2, 0.25) is 0 Å². The number of benzene rings is 1. The Hall–Kier alpha value is -1.65. The highest BCUT2D eigenvalue weighted by Gasteiger charge is 2.12. The number of carbonyl (C=O) groups excluding carboxylic acids is 1. The second-order valence-corrected chi connectivity index (χ2v) is 6.74. The Kier molecular flexibility index (Phi) is 5.75. The van der Waals surface area contributed by atoms with Crippen molar-refractivity contribution in [3.8, 4) is 0 Å². The Balaban J connectivity index is 2.00. The van der Waals surface area contributed by atoms with Gasteiger partial charge in [-0.2, -0.15) is 0 Å². The molecule has 1 aromatic carbocycles. The first-order valence-corrected chi connectivity index (χ1v) is 8.50. The number of aryl methyl sites for hydroxylation is 3. The third kappa shape index (κ3) is 4.42. The zero-order valence-electron chi connectivity index (χ0n) is 13.8. The number of likely N-dealkylation sites (N-methyl/N-ethyl adjacent to an activating group) is 1. The molecule has 22 heavy (non-hydrogen) atoms. The van der Waals surface area contributed by atoms with E-state index in [9.17, 15) is 4.79 Å². The summed E-state index contributed by atoms with van der Waals surface area (Å²) in [4.78, 5) is 15.8. The minimum Gasteiger partial charge on any atom is -0.324 e. The van der Waals surface area contributed by atoms with Crippen LogP contribution in [0.5, 0.6) is 0 Å². The van der Waals surface area contributed by atoms with Gasteiger partial charge in [-0.1, -0.05) is 30.7 Å². The molecule has 1 N–H and O–H groups in total. The lowest BCUT2D eigenvalue weighted by Crippen LogP contribution is -2.32. The molecule has 0 aliphatic heterocycles. The van der Waals surface area contributed by atoms with Gasteiger partial charge in [0.2, 0.25) is 5.91 Å². The van der Waals surface area contributed by atoms with Gasteiger partial charge in [0.15, 0.2) is 0 Å². The summed E-state index contributed by atoms with van der Waals surface area (Å²) in [6, 6.07) is 8.37. The van der Waals surface area contributed by atoms with Crippen molar-refractivity contribution in [1.29, 1.82) is 0 Å². The van der Waals surface area contributed by atoms with Crippen LogP contribution in [-0.2, 0) is 11.3 Å². The molecule has 2 rings (SSSR count). The summed E-state index contributed by atoms with van der Waals surface area (Å²) in [6.07, 6.45) is 0. The third-order valence-electron chi connectivity index (χ3n) is 3.72. The quantitative estimate of drug-likeness (QED) is 0.869.